The summed E-state index contributed by atoms with van der Waals surface area (Å²) in [5.41, 5.74) is 6.83. The van der Waals surface area contributed by atoms with E-state index in [1.54, 1.807) is 27.1 Å². The number of thioether (sulfide) groups is 1. The zero-order valence-electron chi connectivity index (χ0n) is 22.1. The molecule has 3 aliphatic heterocycles. The van der Waals surface area contributed by atoms with Crippen LogP contribution < -0.4 is 15.6 Å². The second-order valence-electron chi connectivity index (χ2n) is 10.2. The van der Waals surface area contributed by atoms with Crippen molar-refractivity contribution < 1.29 is 33.1 Å². The van der Waals surface area contributed by atoms with Gasteiger partial charge in [0.2, 0.25) is 29.8 Å². The van der Waals surface area contributed by atoms with Crippen LogP contribution in [0.5, 0.6) is 5.75 Å². The molecule has 4 heterocycles. The molecule has 2 N–H and O–H groups in total. The van der Waals surface area contributed by atoms with Crippen LogP contribution in [0.1, 0.15) is 42.1 Å². The van der Waals surface area contributed by atoms with Crippen molar-refractivity contribution in [2.75, 3.05) is 25.9 Å². The van der Waals surface area contributed by atoms with Crippen molar-refractivity contribution in [3.05, 3.63) is 80.9 Å². The normalized spacial score (nSPS) is 19.3. The first kappa shape index (κ1) is 26.2. The molecule has 11 heteroatoms. The van der Waals surface area contributed by atoms with Gasteiger partial charge in [-0.25, -0.2) is 13.9 Å². The number of pyridine rings is 1. The van der Waals surface area contributed by atoms with E-state index in [1.807, 2.05) is 12.1 Å². The van der Waals surface area contributed by atoms with E-state index in [0.29, 0.717) is 35.9 Å². The summed E-state index contributed by atoms with van der Waals surface area (Å²) in [6, 6.07) is 12.5. The van der Waals surface area contributed by atoms with Crippen molar-refractivity contribution in [2.45, 2.75) is 43.0 Å². The number of aromatic nitrogens is 1. The first-order valence-corrected chi connectivity index (χ1v) is 14.1. The molecule has 0 spiro atoms. The van der Waals surface area contributed by atoms with Gasteiger partial charge in [0, 0.05) is 35.1 Å². The van der Waals surface area contributed by atoms with Gasteiger partial charge in [0.25, 0.3) is 0 Å². The van der Waals surface area contributed by atoms with Crippen LogP contribution in [0.25, 0.3) is 11.3 Å². The van der Waals surface area contributed by atoms with Crippen molar-refractivity contribution in [3.63, 3.8) is 0 Å². The number of piperidine rings is 1. The molecule has 0 amide bonds. The molecule has 1 aromatic heterocycles. The Labute approximate surface area is 234 Å². The third-order valence-electron chi connectivity index (χ3n) is 7.65. The van der Waals surface area contributed by atoms with Gasteiger partial charge in [-0.1, -0.05) is 25.1 Å². The number of methoxy groups -OCH3 is 1. The summed E-state index contributed by atoms with van der Waals surface area (Å²) in [4.78, 5) is 26.1. The summed E-state index contributed by atoms with van der Waals surface area (Å²) >= 11 is 1.65. The van der Waals surface area contributed by atoms with Gasteiger partial charge in [0.1, 0.15) is 12.4 Å². The number of rotatable bonds is 4. The molecule has 0 bridgehead atoms. The lowest BCUT2D eigenvalue weighted by molar-refractivity contribution is -0.583. The van der Waals surface area contributed by atoms with Crippen LogP contribution in [0.4, 0.5) is 9.18 Å². The van der Waals surface area contributed by atoms with Crippen molar-refractivity contribution in [2.24, 2.45) is 5.92 Å². The highest BCUT2D eigenvalue weighted by atomic mass is 32.2. The monoisotopic (exact) mass is 566 g/mol. The van der Waals surface area contributed by atoms with Gasteiger partial charge in [0.15, 0.2) is 0 Å². The first-order valence-electron chi connectivity index (χ1n) is 13.1. The molecule has 1 fully saturated rings. The van der Waals surface area contributed by atoms with Crippen molar-refractivity contribution in [1.82, 2.24) is 4.68 Å². The second kappa shape index (κ2) is 10.5. The number of carbonyl (C=O) groups excluding carboxylic acids is 1. The fourth-order valence-electron chi connectivity index (χ4n) is 5.66. The number of ether oxygens (including phenoxy) is 3. The van der Waals surface area contributed by atoms with E-state index in [2.05, 4.69) is 29.2 Å². The van der Waals surface area contributed by atoms with Crippen LogP contribution in [-0.2, 0) is 21.6 Å². The molecule has 0 unspecified atom stereocenters. The van der Waals surface area contributed by atoms with Gasteiger partial charge >= 0.3 is 12.1 Å². The van der Waals surface area contributed by atoms with E-state index in [1.165, 1.54) is 12.1 Å². The maximum absolute atomic E-state index is 15.1. The number of nitrogens with zero attached hydrogens (tertiary/aromatic N) is 2. The zero-order valence-corrected chi connectivity index (χ0v) is 22.9. The molecular weight excluding hydrogens is 537 g/mol. The first-order chi connectivity index (χ1) is 19.3. The van der Waals surface area contributed by atoms with E-state index < -0.39 is 24.2 Å². The molecule has 3 aliphatic rings. The second-order valence-corrected chi connectivity index (χ2v) is 11.2. The molecule has 40 heavy (non-hydrogen) atoms. The van der Waals surface area contributed by atoms with Crippen LogP contribution in [0.3, 0.4) is 0 Å². The summed E-state index contributed by atoms with van der Waals surface area (Å²) in [6.45, 7) is 2.13. The van der Waals surface area contributed by atoms with E-state index in [4.69, 9.17) is 9.47 Å². The van der Waals surface area contributed by atoms with Crippen molar-refractivity contribution >= 4 is 23.8 Å². The summed E-state index contributed by atoms with van der Waals surface area (Å²) in [6.07, 6.45) is 0.956. The molecule has 0 saturated carbocycles. The molecule has 1 saturated heterocycles. The Morgan fingerprint density at radius 3 is 2.90 bits per heavy atom. The third kappa shape index (κ3) is 4.68. The molecule has 2 atom stereocenters. The Kier molecular flexibility index (Phi) is 6.91. The highest BCUT2D eigenvalue weighted by molar-refractivity contribution is 7.98. The summed E-state index contributed by atoms with van der Waals surface area (Å²) in [5, 5.41) is 11.5. The predicted octanol–water partition coefficient (Wildman–Crippen LogP) is 4.60. The van der Waals surface area contributed by atoms with Gasteiger partial charge in [0.05, 0.1) is 12.8 Å². The molecule has 2 aromatic carbocycles. The van der Waals surface area contributed by atoms with Gasteiger partial charge in [-0.05, 0) is 47.2 Å². The fraction of sp³-hybridized carbons (Fsp3) is 0.345. The van der Waals surface area contributed by atoms with Crippen LogP contribution in [0.15, 0.2) is 52.2 Å². The smallest absolute Gasteiger partial charge is 0.458 e. The van der Waals surface area contributed by atoms with Crippen molar-refractivity contribution in [1.29, 1.82) is 0 Å². The highest BCUT2D eigenvalue weighted by Gasteiger charge is 2.41. The zero-order chi connectivity index (χ0) is 28.0. The number of fused-ring (bicyclic) bond motifs is 4. The lowest BCUT2D eigenvalue weighted by Crippen LogP contribution is -2.52. The van der Waals surface area contributed by atoms with Gasteiger partial charge < -0.3 is 19.3 Å². The SMILES string of the molecule is COC(=O)OCOc1c2n(c(-c3cc(F)cc4c3Cc3ccccc3SC4)cc1=O)N[C@@H]1C[C@H](C)CC[N+]1=C2O. The Morgan fingerprint density at radius 2 is 2.08 bits per heavy atom. The lowest BCUT2D eigenvalue weighted by Gasteiger charge is -2.33. The average Bonchev–Trinajstić information content (AvgIpc) is 3.13. The van der Waals surface area contributed by atoms with E-state index >= 15 is 4.39 Å². The Bertz CT molecular complexity index is 1600. The van der Waals surface area contributed by atoms with E-state index in [-0.39, 0.29) is 23.5 Å². The largest absolute Gasteiger partial charge is 0.510 e. The Balaban J connectivity index is 1.54. The van der Waals surface area contributed by atoms with Crippen LogP contribution in [-0.4, -0.2) is 53.0 Å². The Hall–Kier alpha value is -3.99. The highest BCUT2D eigenvalue weighted by Crippen LogP contribution is 2.39. The lowest BCUT2D eigenvalue weighted by atomic mass is 9.92. The number of halogens is 1. The van der Waals surface area contributed by atoms with E-state index in [9.17, 15) is 14.7 Å². The molecule has 3 aromatic rings. The minimum absolute atomic E-state index is 0.0863. The predicted molar refractivity (Wildman–Crippen MR) is 147 cm³/mol. The minimum Gasteiger partial charge on any atom is -0.458 e. The number of carbonyl (C=O) groups is 1. The van der Waals surface area contributed by atoms with E-state index in [0.717, 1.165) is 41.5 Å². The number of aliphatic hydroxyl groups is 1. The average molecular weight is 567 g/mol. The Morgan fingerprint density at radius 1 is 1.25 bits per heavy atom. The van der Waals surface area contributed by atoms with Gasteiger partial charge in [-0.3, -0.25) is 10.2 Å². The third-order valence-corrected chi connectivity index (χ3v) is 8.82. The number of nitrogens with one attached hydrogen (secondary N) is 1. The summed E-state index contributed by atoms with van der Waals surface area (Å²) < 4.78 is 33.4. The number of benzene rings is 2. The number of hydrogen-bond donors (Lipinski definition) is 2. The van der Waals surface area contributed by atoms with Crippen LogP contribution in [0, 0.1) is 11.7 Å². The molecule has 6 rings (SSSR count). The minimum atomic E-state index is -0.970. The standard InChI is InChI=1S/C29H28FN3O6S/c1-16-7-8-32-25(9-16)31-33-22(13-23(34)27(26(33)28(32)35)38-15-39-29(36)37-2)21-12-19(30)10-18-14-40-24-6-4-3-5-17(24)11-20(18)21/h3-6,10,12-13,16,25,31H,7-9,11,14-15H2,1-2H3/p+1/t16-,25+/m1/s1. The molecule has 0 aliphatic carbocycles. The summed E-state index contributed by atoms with van der Waals surface area (Å²) in [7, 11) is 1.16. The van der Waals surface area contributed by atoms with Crippen LogP contribution in [0.2, 0.25) is 0 Å². The maximum Gasteiger partial charge on any atom is 0.510 e. The quantitative estimate of drug-likeness (QED) is 0.269. The summed E-state index contributed by atoms with van der Waals surface area (Å²) in [5.74, 6) is 0.253. The molecule has 208 valence electrons. The topological polar surface area (TPSA) is 102 Å². The van der Waals surface area contributed by atoms with Crippen molar-refractivity contribution in [3.8, 4) is 17.0 Å². The van der Waals surface area contributed by atoms with Gasteiger partial charge in [-0.2, -0.15) is 4.58 Å². The van der Waals surface area contributed by atoms with Gasteiger partial charge in [-0.15, -0.1) is 11.8 Å². The number of hydrogen-bond acceptors (Lipinski definition) is 7. The molecular formula is C29H29FN3O6S+. The van der Waals surface area contributed by atoms with Crippen LogP contribution >= 0.6 is 11.8 Å². The maximum atomic E-state index is 15.1. The molecule has 0 radical (unpaired) electrons. The fourth-order valence-corrected chi connectivity index (χ4v) is 6.73. The molecule has 9 nitrogen and oxygen atoms in total. The number of aliphatic hydroxyl groups excluding tert-OH is 1.